The SMILES string of the molecule is CNC(=S)[N-]C[C@H]1CN(c2ccc(N3CCN(c4cc5c(cc4F)c(=O)c(C(=O)O)cn5C4CC4)CC3)c(F)c2)C(=O)O1.[Li+]. The fourth-order valence-corrected chi connectivity index (χ4v) is 5.68. The van der Waals surface area contributed by atoms with E-state index in [4.69, 9.17) is 17.0 Å². The number of carbonyl (C=O) groups is 2. The van der Waals surface area contributed by atoms with E-state index >= 15 is 8.78 Å². The number of nitrogens with one attached hydrogen (secondary N) is 1. The van der Waals surface area contributed by atoms with Crippen LogP contribution in [0.25, 0.3) is 16.2 Å². The smallest absolute Gasteiger partial charge is 0.477 e. The molecule has 1 aromatic heterocycles. The van der Waals surface area contributed by atoms with Crippen molar-refractivity contribution in [2.24, 2.45) is 0 Å². The summed E-state index contributed by atoms with van der Waals surface area (Å²) in [5.41, 5.74) is 0.459. The average molecular weight is 619 g/mol. The number of nitrogens with zero attached hydrogens (tertiary/aromatic N) is 5. The number of carboxylic acid groups (broad SMARTS) is 1. The molecule has 3 aliphatic rings. The number of pyridine rings is 1. The van der Waals surface area contributed by atoms with Gasteiger partial charge in [0.15, 0.2) is 0 Å². The Hall–Kier alpha value is -3.86. The molecule has 2 aliphatic heterocycles. The van der Waals surface area contributed by atoms with Crippen LogP contribution >= 0.6 is 12.2 Å². The number of piperazine rings is 1. The standard InChI is InChI=1S/C29H30F2N6O5S.Li/c1-32-28(43)33-13-18-14-37(29(41)42-18)17-4-5-23(21(30)10-17)34-6-8-35(9-7-34)25-12-24-19(11-22(25)31)26(38)20(27(39)40)15-36(24)16-2-3-16;/h4-5,10-12,15-16,18H,2-3,6-9,13-14H2,1H3,(H3,32,33,39,40,43);/q;+1/p-1/t18-;/m0./s1. The maximum absolute atomic E-state index is 15.3. The van der Waals surface area contributed by atoms with Gasteiger partial charge in [-0.15, -0.1) is 0 Å². The molecular formula is C29H29F2LiN6O5S. The van der Waals surface area contributed by atoms with Gasteiger partial charge < -0.3 is 34.8 Å². The third kappa shape index (κ3) is 6.06. The molecule has 1 saturated carbocycles. The molecule has 3 heterocycles. The van der Waals surface area contributed by atoms with Gasteiger partial charge in [0, 0.05) is 43.8 Å². The van der Waals surface area contributed by atoms with Crippen molar-refractivity contribution in [3.8, 4) is 0 Å². The number of fused-ring (bicyclic) bond motifs is 1. The summed E-state index contributed by atoms with van der Waals surface area (Å²) >= 11 is 4.99. The molecule has 3 aromatic rings. The number of anilines is 3. The molecule has 15 heteroatoms. The van der Waals surface area contributed by atoms with E-state index in [0.29, 0.717) is 53.9 Å². The Morgan fingerprint density at radius 3 is 2.34 bits per heavy atom. The van der Waals surface area contributed by atoms with Gasteiger partial charge in [0.1, 0.15) is 23.3 Å². The summed E-state index contributed by atoms with van der Waals surface area (Å²) in [7, 11) is 1.65. The number of hydrogen-bond donors (Lipinski definition) is 2. The Balaban J connectivity index is 0.00000384. The number of carboxylic acids is 1. The number of aromatic carboxylic acids is 1. The fraction of sp³-hybridized carbons (Fsp3) is 0.379. The zero-order chi connectivity index (χ0) is 30.4. The van der Waals surface area contributed by atoms with E-state index in [1.54, 1.807) is 29.8 Å². The maximum Gasteiger partial charge on any atom is 1.00 e. The number of amides is 1. The average Bonchev–Trinajstić information content (AvgIpc) is 3.77. The number of carbonyl (C=O) groups excluding carboxylic acids is 1. The van der Waals surface area contributed by atoms with Crippen LogP contribution < -0.4 is 44.3 Å². The molecule has 226 valence electrons. The van der Waals surface area contributed by atoms with Crippen LogP contribution in [0.3, 0.4) is 0 Å². The van der Waals surface area contributed by atoms with Gasteiger partial charge in [0.2, 0.25) is 5.43 Å². The number of cyclic esters (lactones) is 1. The quantitative estimate of drug-likeness (QED) is 0.293. The van der Waals surface area contributed by atoms with Gasteiger partial charge in [-0.25, -0.2) is 18.4 Å². The maximum atomic E-state index is 15.3. The fourth-order valence-electron chi connectivity index (χ4n) is 5.61. The zero-order valence-electron chi connectivity index (χ0n) is 24.3. The second-order valence-electron chi connectivity index (χ2n) is 10.8. The van der Waals surface area contributed by atoms with Gasteiger partial charge in [0.25, 0.3) is 0 Å². The largest absolute Gasteiger partial charge is 1.00 e. The Morgan fingerprint density at radius 2 is 1.73 bits per heavy atom. The number of hydrogen-bond acceptors (Lipinski definition) is 7. The molecule has 6 rings (SSSR count). The number of ether oxygens (including phenoxy) is 1. The minimum Gasteiger partial charge on any atom is -0.477 e. The van der Waals surface area contributed by atoms with E-state index in [2.05, 4.69) is 10.6 Å². The normalized spacial score (nSPS) is 18.2. The molecule has 0 spiro atoms. The van der Waals surface area contributed by atoms with Crippen LogP contribution in [0.4, 0.5) is 30.6 Å². The number of rotatable bonds is 7. The molecule has 3 fully saturated rings. The number of benzene rings is 2. The summed E-state index contributed by atoms with van der Waals surface area (Å²) < 4.78 is 37.8. The second kappa shape index (κ2) is 12.6. The molecule has 0 unspecified atom stereocenters. The summed E-state index contributed by atoms with van der Waals surface area (Å²) in [6.45, 7) is 2.01. The molecule has 1 amide bonds. The van der Waals surface area contributed by atoms with Crippen LogP contribution in [0.5, 0.6) is 0 Å². The van der Waals surface area contributed by atoms with E-state index < -0.39 is 35.2 Å². The Labute approximate surface area is 268 Å². The molecule has 44 heavy (non-hydrogen) atoms. The van der Waals surface area contributed by atoms with E-state index in [1.165, 1.54) is 17.2 Å². The van der Waals surface area contributed by atoms with Gasteiger partial charge in [-0.2, -0.15) is 0 Å². The topological polar surface area (TPSA) is 121 Å². The molecule has 0 bridgehead atoms. The van der Waals surface area contributed by atoms with Crippen molar-refractivity contribution in [1.82, 2.24) is 9.88 Å². The zero-order valence-corrected chi connectivity index (χ0v) is 25.1. The molecule has 0 radical (unpaired) electrons. The van der Waals surface area contributed by atoms with Crippen LogP contribution in [-0.2, 0) is 4.74 Å². The first-order valence-electron chi connectivity index (χ1n) is 13.9. The first kappa shape index (κ1) is 31.6. The van der Waals surface area contributed by atoms with Crippen molar-refractivity contribution in [3.63, 3.8) is 0 Å². The molecule has 2 N–H and O–H groups in total. The third-order valence-corrected chi connectivity index (χ3v) is 8.34. The van der Waals surface area contributed by atoms with Crippen LogP contribution in [0.1, 0.15) is 29.2 Å². The number of aromatic nitrogens is 1. The van der Waals surface area contributed by atoms with E-state index in [9.17, 15) is 19.5 Å². The van der Waals surface area contributed by atoms with Crippen molar-refractivity contribution in [2.45, 2.75) is 25.0 Å². The summed E-state index contributed by atoms with van der Waals surface area (Å²) in [4.78, 5) is 41.9. The Kier molecular flexibility index (Phi) is 9.06. The van der Waals surface area contributed by atoms with Crippen LogP contribution in [0, 0.1) is 11.6 Å². The molecular weight excluding hydrogens is 589 g/mol. The van der Waals surface area contributed by atoms with Gasteiger partial charge in [-0.1, -0.05) is 19.3 Å². The number of thiocarbonyl (C=S) groups is 1. The summed E-state index contributed by atoms with van der Waals surface area (Å²) in [6, 6.07) is 7.39. The van der Waals surface area contributed by atoms with Gasteiger partial charge in [0.05, 0.1) is 29.1 Å². The second-order valence-corrected chi connectivity index (χ2v) is 11.1. The first-order chi connectivity index (χ1) is 20.6. The molecule has 1 atom stereocenters. The molecule has 2 saturated heterocycles. The van der Waals surface area contributed by atoms with E-state index in [1.807, 2.05) is 9.80 Å². The van der Waals surface area contributed by atoms with Crippen molar-refractivity contribution < 1.29 is 47.1 Å². The van der Waals surface area contributed by atoms with Gasteiger partial charge in [-0.05, 0) is 54.8 Å². The molecule has 1 aliphatic carbocycles. The van der Waals surface area contributed by atoms with Gasteiger partial charge in [-0.3, -0.25) is 9.69 Å². The summed E-state index contributed by atoms with van der Waals surface area (Å²) in [5.74, 6) is -2.45. The van der Waals surface area contributed by atoms with Crippen LogP contribution in [0.2, 0.25) is 0 Å². The van der Waals surface area contributed by atoms with Crippen molar-refractivity contribution >= 4 is 57.4 Å². The third-order valence-electron chi connectivity index (χ3n) is 8.00. The minimum atomic E-state index is -1.34. The summed E-state index contributed by atoms with van der Waals surface area (Å²) in [6.07, 6.45) is 1.98. The van der Waals surface area contributed by atoms with Crippen LogP contribution in [0.15, 0.2) is 41.3 Å². The predicted molar refractivity (Wildman–Crippen MR) is 162 cm³/mol. The Morgan fingerprint density at radius 1 is 1.07 bits per heavy atom. The molecule has 2 aromatic carbocycles. The van der Waals surface area contributed by atoms with E-state index in [0.717, 1.165) is 18.9 Å². The van der Waals surface area contributed by atoms with Crippen molar-refractivity contribution in [3.05, 3.63) is 69.3 Å². The van der Waals surface area contributed by atoms with Crippen LogP contribution in [-0.4, -0.2) is 79.3 Å². The van der Waals surface area contributed by atoms with Crippen molar-refractivity contribution in [1.29, 1.82) is 0 Å². The first-order valence-corrected chi connectivity index (χ1v) is 14.3. The Bertz CT molecular complexity index is 1690. The summed E-state index contributed by atoms with van der Waals surface area (Å²) in [5, 5.41) is 16.7. The minimum absolute atomic E-state index is 0. The van der Waals surface area contributed by atoms with Gasteiger partial charge >= 0.3 is 30.9 Å². The monoisotopic (exact) mass is 618 g/mol. The van der Waals surface area contributed by atoms with Crippen molar-refractivity contribution in [2.75, 3.05) is 61.0 Å². The molecule has 11 nitrogen and oxygen atoms in total. The number of halogens is 2. The predicted octanol–water partition coefficient (Wildman–Crippen LogP) is 0.847. The van der Waals surface area contributed by atoms with E-state index in [-0.39, 0.29) is 48.9 Å².